The molecular formula is C13H8F2N2. The first kappa shape index (κ1) is 11.1. The summed E-state index contributed by atoms with van der Waals surface area (Å²) in [4.78, 5) is 0. The molecule has 0 bridgehead atoms. The standard InChI is InChI=1S/C13H8F2N2/c14-11-6-13(17)12(15)5-10(11)9-3-1-2-8(4-9)7-16/h1-6H,17H2. The van der Waals surface area contributed by atoms with E-state index in [0.29, 0.717) is 11.1 Å². The highest BCUT2D eigenvalue weighted by atomic mass is 19.1. The minimum Gasteiger partial charge on any atom is -0.396 e. The average Bonchev–Trinajstić information content (AvgIpc) is 2.34. The number of hydrogen-bond donors (Lipinski definition) is 1. The summed E-state index contributed by atoms with van der Waals surface area (Å²) >= 11 is 0. The van der Waals surface area contributed by atoms with Gasteiger partial charge >= 0.3 is 0 Å². The van der Waals surface area contributed by atoms with Crippen molar-refractivity contribution in [3.05, 3.63) is 53.6 Å². The fourth-order valence-corrected chi connectivity index (χ4v) is 1.54. The minimum atomic E-state index is -0.677. The van der Waals surface area contributed by atoms with Crippen molar-refractivity contribution in [3.63, 3.8) is 0 Å². The van der Waals surface area contributed by atoms with Gasteiger partial charge in [-0.15, -0.1) is 0 Å². The molecule has 0 heterocycles. The Morgan fingerprint density at radius 1 is 1.06 bits per heavy atom. The number of nitriles is 1. The maximum Gasteiger partial charge on any atom is 0.146 e. The fourth-order valence-electron chi connectivity index (χ4n) is 1.54. The van der Waals surface area contributed by atoms with Crippen LogP contribution < -0.4 is 5.73 Å². The lowest BCUT2D eigenvalue weighted by Crippen LogP contribution is -1.94. The number of anilines is 1. The maximum absolute atomic E-state index is 13.6. The molecule has 17 heavy (non-hydrogen) atoms. The van der Waals surface area contributed by atoms with Gasteiger partial charge < -0.3 is 5.73 Å². The van der Waals surface area contributed by atoms with Gasteiger partial charge in [0.15, 0.2) is 0 Å². The van der Waals surface area contributed by atoms with Crippen molar-refractivity contribution >= 4 is 5.69 Å². The molecular weight excluding hydrogens is 222 g/mol. The molecule has 0 aromatic heterocycles. The summed E-state index contributed by atoms with van der Waals surface area (Å²) in [7, 11) is 0. The summed E-state index contributed by atoms with van der Waals surface area (Å²) in [6.07, 6.45) is 0. The van der Waals surface area contributed by atoms with Crippen molar-refractivity contribution in [2.75, 3.05) is 5.73 Å². The van der Waals surface area contributed by atoms with Crippen LogP contribution in [0.1, 0.15) is 5.56 Å². The van der Waals surface area contributed by atoms with Gasteiger partial charge in [-0.05, 0) is 23.8 Å². The summed E-state index contributed by atoms with van der Waals surface area (Å²) in [5, 5.41) is 8.74. The van der Waals surface area contributed by atoms with Gasteiger partial charge in [0.05, 0.1) is 17.3 Å². The molecule has 0 aliphatic heterocycles. The minimum absolute atomic E-state index is 0.0915. The molecule has 0 atom stereocenters. The lowest BCUT2D eigenvalue weighted by molar-refractivity contribution is 0.607. The summed E-state index contributed by atoms with van der Waals surface area (Å²) in [6, 6.07) is 10.2. The van der Waals surface area contributed by atoms with Crippen LogP contribution in [-0.4, -0.2) is 0 Å². The number of nitrogens with two attached hydrogens (primary N) is 1. The number of benzene rings is 2. The third-order valence-corrected chi connectivity index (χ3v) is 2.39. The molecule has 0 saturated heterocycles. The van der Waals surface area contributed by atoms with Gasteiger partial charge in [-0.3, -0.25) is 0 Å². The molecule has 2 aromatic carbocycles. The number of nitrogen functional groups attached to an aromatic ring is 1. The molecule has 84 valence electrons. The van der Waals surface area contributed by atoms with Crippen molar-refractivity contribution < 1.29 is 8.78 Å². The third-order valence-electron chi connectivity index (χ3n) is 2.39. The van der Waals surface area contributed by atoms with Crippen molar-refractivity contribution in [1.29, 1.82) is 5.26 Å². The quantitative estimate of drug-likeness (QED) is 0.765. The van der Waals surface area contributed by atoms with E-state index in [1.54, 1.807) is 18.2 Å². The summed E-state index contributed by atoms with van der Waals surface area (Å²) < 4.78 is 26.9. The van der Waals surface area contributed by atoms with E-state index in [1.165, 1.54) is 6.07 Å². The Bertz CT molecular complexity index is 615. The molecule has 0 aliphatic rings. The van der Waals surface area contributed by atoms with Gasteiger partial charge in [-0.1, -0.05) is 12.1 Å². The first-order valence-corrected chi connectivity index (χ1v) is 4.87. The Labute approximate surface area is 96.9 Å². The monoisotopic (exact) mass is 230 g/mol. The predicted octanol–water partition coefficient (Wildman–Crippen LogP) is 3.09. The molecule has 2 N–H and O–H groups in total. The zero-order chi connectivity index (χ0) is 12.4. The zero-order valence-corrected chi connectivity index (χ0v) is 8.74. The van der Waals surface area contributed by atoms with Crippen LogP contribution in [0.2, 0.25) is 0 Å². The van der Waals surface area contributed by atoms with Gasteiger partial charge in [-0.25, -0.2) is 8.78 Å². The van der Waals surface area contributed by atoms with Gasteiger partial charge in [0.1, 0.15) is 11.6 Å². The van der Waals surface area contributed by atoms with E-state index in [-0.39, 0.29) is 11.3 Å². The van der Waals surface area contributed by atoms with Crippen LogP contribution in [0.15, 0.2) is 36.4 Å². The lowest BCUT2D eigenvalue weighted by Gasteiger charge is -2.05. The molecule has 0 radical (unpaired) electrons. The zero-order valence-electron chi connectivity index (χ0n) is 8.74. The molecule has 0 aliphatic carbocycles. The topological polar surface area (TPSA) is 49.8 Å². The van der Waals surface area contributed by atoms with E-state index in [2.05, 4.69) is 0 Å². The average molecular weight is 230 g/mol. The fraction of sp³-hybridized carbons (Fsp3) is 0. The second-order valence-corrected chi connectivity index (χ2v) is 3.55. The summed E-state index contributed by atoms with van der Waals surface area (Å²) in [6.45, 7) is 0. The van der Waals surface area contributed by atoms with Crippen molar-refractivity contribution in [1.82, 2.24) is 0 Å². The first-order chi connectivity index (χ1) is 8.11. The van der Waals surface area contributed by atoms with Crippen LogP contribution in [0, 0.1) is 23.0 Å². The Hall–Kier alpha value is -2.41. The Kier molecular flexibility index (Phi) is 2.75. The van der Waals surface area contributed by atoms with Crippen LogP contribution in [0.5, 0.6) is 0 Å². The van der Waals surface area contributed by atoms with Crippen LogP contribution >= 0.6 is 0 Å². The van der Waals surface area contributed by atoms with Crippen LogP contribution in [0.4, 0.5) is 14.5 Å². The smallest absolute Gasteiger partial charge is 0.146 e. The highest BCUT2D eigenvalue weighted by molar-refractivity contribution is 5.68. The Balaban J connectivity index is 2.61. The second kappa shape index (κ2) is 4.22. The van der Waals surface area contributed by atoms with Gasteiger partial charge in [0.25, 0.3) is 0 Å². The maximum atomic E-state index is 13.6. The van der Waals surface area contributed by atoms with E-state index < -0.39 is 11.6 Å². The third kappa shape index (κ3) is 2.08. The predicted molar refractivity (Wildman–Crippen MR) is 60.9 cm³/mol. The van der Waals surface area contributed by atoms with Crippen molar-refractivity contribution in [3.8, 4) is 17.2 Å². The number of halogens is 2. The van der Waals surface area contributed by atoms with Crippen LogP contribution in [0.25, 0.3) is 11.1 Å². The van der Waals surface area contributed by atoms with E-state index in [9.17, 15) is 8.78 Å². The second-order valence-electron chi connectivity index (χ2n) is 3.55. The SMILES string of the molecule is N#Cc1cccc(-c2cc(F)c(N)cc2F)c1. The highest BCUT2D eigenvalue weighted by Crippen LogP contribution is 2.27. The van der Waals surface area contributed by atoms with Gasteiger partial charge in [0.2, 0.25) is 0 Å². The van der Waals surface area contributed by atoms with E-state index >= 15 is 0 Å². The molecule has 0 amide bonds. The van der Waals surface area contributed by atoms with Crippen molar-refractivity contribution in [2.45, 2.75) is 0 Å². The molecule has 2 nitrogen and oxygen atoms in total. The molecule has 2 rings (SSSR count). The molecule has 0 fully saturated rings. The highest BCUT2D eigenvalue weighted by Gasteiger charge is 2.10. The molecule has 0 unspecified atom stereocenters. The number of nitrogens with zero attached hydrogens (tertiary/aromatic N) is 1. The summed E-state index contributed by atoms with van der Waals surface area (Å²) in [5.41, 5.74) is 5.95. The van der Waals surface area contributed by atoms with Gasteiger partial charge in [-0.2, -0.15) is 5.26 Å². The van der Waals surface area contributed by atoms with E-state index in [1.807, 2.05) is 6.07 Å². The molecule has 2 aromatic rings. The van der Waals surface area contributed by atoms with Crippen LogP contribution in [0.3, 0.4) is 0 Å². The van der Waals surface area contributed by atoms with Crippen molar-refractivity contribution in [2.24, 2.45) is 0 Å². The van der Waals surface area contributed by atoms with E-state index in [4.69, 9.17) is 11.0 Å². The summed E-state index contributed by atoms with van der Waals surface area (Å²) in [5.74, 6) is -1.29. The molecule has 0 saturated carbocycles. The Morgan fingerprint density at radius 2 is 1.82 bits per heavy atom. The Morgan fingerprint density at radius 3 is 2.53 bits per heavy atom. The largest absolute Gasteiger partial charge is 0.396 e. The first-order valence-electron chi connectivity index (χ1n) is 4.87. The van der Waals surface area contributed by atoms with Gasteiger partial charge in [0, 0.05) is 11.6 Å². The van der Waals surface area contributed by atoms with Crippen LogP contribution in [-0.2, 0) is 0 Å². The van der Waals surface area contributed by atoms with E-state index in [0.717, 1.165) is 12.1 Å². The molecule has 0 spiro atoms. The normalized spacial score (nSPS) is 9.94. The number of rotatable bonds is 1. The molecule has 4 heteroatoms. The number of hydrogen-bond acceptors (Lipinski definition) is 2. The lowest BCUT2D eigenvalue weighted by atomic mass is 10.0.